The standard InChI is InChI=1S/C22H27FN4O3/c1-12-6-11-16-19-17(25-27(16)15-9-7-14(23)8-10-15)13(2)18(20(28)26(12)19)24-21(29)30-22(3,4)5/h7-10,12-13,18H,6,11H2,1-5H3,(H,24,29). The minimum Gasteiger partial charge on any atom is -0.444 e. The molecule has 30 heavy (non-hydrogen) atoms. The van der Waals surface area contributed by atoms with Gasteiger partial charge in [0, 0.05) is 12.0 Å². The molecule has 1 N–H and O–H groups in total. The van der Waals surface area contributed by atoms with E-state index in [0.29, 0.717) is 0 Å². The Kier molecular flexibility index (Phi) is 4.83. The molecule has 0 saturated heterocycles. The topological polar surface area (TPSA) is 76.5 Å². The molecular formula is C22H27FN4O3. The molecule has 4 rings (SSSR count). The van der Waals surface area contributed by atoms with E-state index >= 15 is 0 Å². The van der Waals surface area contributed by atoms with Gasteiger partial charge in [-0.15, -0.1) is 0 Å². The van der Waals surface area contributed by atoms with Crippen molar-refractivity contribution in [3.05, 3.63) is 41.5 Å². The number of anilines is 1. The fourth-order valence-corrected chi connectivity index (χ4v) is 4.22. The third-order valence-corrected chi connectivity index (χ3v) is 5.64. The number of hydrogen-bond donors (Lipinski definition) is 1. The van der Waals surface area contributed by atoms with Crippen molar-refractivity contribution in [3.63, 3.8) is 0 Å². The van der Waals surface area contributed by atoms with E-state index in [4.69, 9.17) is 9.84 Å². The Bertz CT molecular complexity index is 993. The van der Waals surface area contributed by atoms with E-state index in [1.54, 1.807) is 42.5 Å². The Hall–Kier alpha value is -2.90. The van der Waals surface area contributed by atoms with Crippen molar-refractivity contribution in [1.82, 2.24) is 15.1 Å². The highest BCUT2D eigenvalue weighted by Gasteiger charge is 2.46. The molecule has 2 aliphatic heterocycles. The molecule has 1 aromatic heterocycles. The highest BCUT2D eigenvalue weighted by atomic mass is 19.1. The van der Waals surface area contributed by atoms with Crippen molar-refractivity contribution < 1.29 is 18.7 Å². The molecule has 0 fully saturated rings. The highest BCUT2D eigenvalue weighted by molar-refractivity contribution is 6.03. The van der Waals surface area contributed by atoms with Crippen LogP contribution in [-0.4, -0.2) is 39.5 Å². The molecule has 2 aliphatic rings. The second kappa shape index (κ2) is 7.11. The van der Waals surface area contributed by atoms with Gasteiger partial charge in [0.15, 0.2) is 0 Å². The van der Waals surface area contributed by atoms with Crippen LogP contribution in [0.4, 0.5) is 14.9 Å². The van der Waals surface area contributed by atoms with Gasteiger partial charge in [0.2, 0.25) is 0 Å². The number of aromatic nitrogens is 2. The first-order valence-electron chi connectivity index (χ1n) is 10.3. The first-order valence-corrected chi connectivity index (χ1v) is 10.3. The lowest BCUT2D eigenvalue weighted by Crippen LogP contribution is -2.58. The zero-order valence-electron chi connectivity index (χ0n) is 17.9. The van der Waals surface area contributed by atoms with E-state index in [-0.39, 0.29) is 23.7 Å². The van der Waals surface area contributed by atoms with E-state index in [0.717, 1.165) is 35.6 Å². The van der Waals surface area contributed by atoms with Gasteiger partial charge in [-0.05, 0) is 64.8 Å². The second-order valence-electron chi connectivity index (χ2n) is 9.08. The minimum atomic E-state index is -0.766. The Morgan fingerprint density at radius 1 is 1.23 bits per heavy atom. The molecule has 3 unspecified atom stereocenters. The molecule has 7 nitrogen and oxygen atoms in total. The van der Waals surface area contributed by atoms with E-state index in [1.807, 2.05) is 13.8 Å². The Morgan fingerprint density at radius 3 is 2.53 bits per heavy atom. The second-order valence-corrected chi connectivity index (χ2v) is 9.08. The van der Waals surface area contributed by atoms with Crippen LogP contribution in [0, 0.1) is 5.82 Å². The number of hydrogen-bond acceptors (Lipinski definition) is 4. The van der Waals surface area contributed by atoms with Crippen molar-refractivity contribution in [2.75, 3.05) is 4.90 Å². The van der Waals surface area contributed by atoms with Gasteiger partial charge in [-0.25, -0.2) is 13.9 Å². The van der Waals surface area contributed by atoms with Gasteiger partial charge in [-0.3, -0.25) is 4.79 Å². The summed E-state index contributed by atoms with van der Waals surface area (Å²) in [5, 5.41) is 7.55. The minimum absolute atomic E-state index is 0.00921. The lowest BCUT2D eigenvalue weighted by molar-refractivity contribution is -0.122. The summed E-state index contributed by atoms with van der Waals surface area (Å²) in [6, 6.07) is 5.37. The molecule has 160 valence electrons. The molecule has 2 amide bonds. The van der Waals surface area contributed by atoms with Crippen LogP contribution >= 0.6 is 0 Å². The summed E-state index contributed by atoms with van der Waals surface area (Å²) in [6.07, 6.45) is 0.916. The van der Waals surface area contributed by atoms with Crippen molar-refractivity contribution in [2.24, 2.45) is 0 Å². The van der Waals surface area contributed by atoms with Crippen molar-refractivity contribution >= 4 is 17.7 Å². The van der Waals surface area contributed by atoms with E-state index < -0.39 is 17.7 Å². The third-order valence-electron chi connectivity index (χ3n) is 5.64. The van der Waals surface area contributed by atoms with Crippen molar-refractivity contribution in [2.45, 2.75) is 71.1 Å². The third kappa shape index (κ3) is 3.44. The summed E-state index contributed by atoms with van der Waals surface area (Å²) >= 11 is 0. The molecule has 8 heteroatoms. The lowest BCUT2D eigenvalue weighted by atomic mass is 9.87. The van der Waals surface area contributed by atoms with Crippen molar-refractivity contribution in [3.8, 4) is 5.69 Å². The monoisotopic (exact) mass is 414 g/mol. The largest absolute Gasteiger partial charge is 0.444 e. The number of nitrogens with one attached hydrogen (secondary N) is 1. The average molecular weight is 414 g/mol. The van der Waals surface area contributed by atoms with Crippen LogP contribution < -0.4 is 10.2 Å². The molecule has 3 atom stereocenters. The molecule has 0 spiro atoms. The van der Waals surface area contributed by atoms with E-state index in [1.165, 1.54) is 12.1 Å². The van der Waals surface area contributed by atoms with Crippen LogP contribution in [0.3, 0.4) is 0 Å². The average Bonchev–Trinajstić information content (AvgIpc) is 3.03. The zero-order chi connectivity index (χ0) is 21.8. The van der Waals surface area contributed by atoms with Gasteiger partial charge < -0.3 is 15.0 Å². The highest BCUT2D eigenvalue weighted by Crippen LogP contribution is 2.43. The normalized spacial score (nSPS) is 23.2. The van der Waals surface area contributed by atoms with Crippen LogP contribution in [0.1, 0.15) is 58.3 Å². The SMILES string of the molecule is CC1c2nn(-c3ccc(F)cc3)c3c2N(C(=O)C1NC(=O)OC(C)(C)C)C(C)CC3. The van der Waals surface area contributed by atoms with Crippen LogP contribution in [0.2, 0.25) is 0 Å². The van der Waals surface area contributed by atoms with Crippen LogP contribution in [0.5, 0.6) is 0 Å². The lowest BCUT2D eigenvalue weighted by Gasteiger charge is -2.41. The number of nitrogens with zero attached hydrogens (tertiary/aromatic N) is 3. The molecule has 1 aromatic carbocycles. The van der Waals surface area contributed by atoms with Gasteiger partial charge >= 0.3 is 6.09 Å². The number of carbonyl (C=O) groups is 2. The molecule has 2 aromatic rings. The van der Waals surface area contributed by atoms with E-state index in [9.17, 15) is 14.0 Å². The number of ether oxygens (including phenoxy) is 1. The summed E-state index contributed by atoms with van der Waals surface area (Å²) in [7, 11) is 0. The number of alkyl carbamates (subject to hydrolysis) is 1. The van der Waals surface area contributed by atoms with Gasteiger partial charge in [0.1, 0.15) is 17.5 Å². The van der Waals surface area contributed by atoms with Gasteiger partial charge in [-0.1, -0.05) is 6.92 Å². The number of rotatable bonds is 2. The van der Waals surface area contributed by atoms with Crippen molar-refractivity contribution in [1.29, 1.82) is 0 Å². The van der Waals surface area contributed by atoms with Crippen LogP contribution in [0.15, 0.2) is 24.3 Å². The number of halogens is 1. The summed E-state index contributed by atoms with van der Waals surface area (Å²) in [5.74, 6) is -0.806. The molecular weight excluding hydrogens is 387 g/mol. The van der Waals surface area contributed by atoms with Gasteiger partial charge in [0.25, 0.3) is 5.91 Å². The summed E-state index contributed by atoms with van der Waals surface area (Å²) in [6.45, 7) is 9.22. The first-order chi connectivity index (χ1) is 14.1. The first kappa shape index (κ1) is 20.4. The fraction of sp³-hybridized carbons (Fsp3) is 0.500. The number of amides is 2. The zero-order valence-corrected chi connectivity index (χ0v) is 17.9. The molecule has 0 saturated carbocycles. The summed E-state index contributed by atoms with van der Waals surface area (Å²) < 4.78 is 20.6. The molecule has 3 heterocycles. The molecule has 0 radical (unpaired) electrons. The van der Waals surface area contributed by atoms with Gasteiger partial charge in [-0.2, -0.15) is 5.10 Å². The maximum Gasteiger partial charge on any atom is 0.408 e. The summed E-state index contributed by atoms with van der Waals surface area (Å²) in [5.41, 5.74) is 2.59. The molecule has 0 bridgehead atoms. The number of carbonyl (C=O) groups excluding carboxylic acids is 2. The maximum absolute atomic E-state index is 13.4. The Balaban J connectivity index is 1.75. The predicted octanol–water partition coefficient (Wildman–Crippen LogP) is 3.69. The van der Waals surface area contributed by atoms with E-state index in [2.05, 4.69) is 5.32 Å². The predicted molar refractivity (Wildman–Crippen MR) is 110 cm³/mol. The van der Waals surface area contributed by atoms with Crippen LogP contribution in [0.25, 0.3) is 5.69 Å². The smallest absolute Gasteiger partial charge is 0.408 e. The molecule has 0 aliphatic carbocycles. The van der Waals surface area contributed by atoms with Gasteiger partial charge in [0.05, 0.1) is 22.8 Å². The maximum atomic E-state index is 13.4. The Morgan fingerprint density at radius 2 is 1.90 bits per heavy atom. The summed E-state index contributed by atoms with van der Waals surface area (Å²) in [4.78, 5) is 27.5. The number of benzene rings is 1. The Labute approximate surface area is 175 Å². The quantitative estimate of drug-likeness (QED) is 0.813. The van der Waals surface area contributed by atoms with Crippen LogP contribution in [-0.2, 0) is 16.0 Å². The fourth-order valence-electron chi connectivity index (χ4n) is 4.22.